The molecule has 6 nitrogen and oxygen atoms in total. The first-order valence-corrected chi connectivity index (χ1v) is 10.5. The Balaban J connectivity index is 1.42. The zero-order valence-electron chi connectivity index (χ0n) is 15.7. The molecule has 1 aromatic carbocycles. The Morgan fingerprint density at radius 3 is 2.89 bits per heavy atom. The highest BCUT2D eigenvalue weighted by Crippen LogP contribution is 2.41. The van der Waals surface area contributed by atoms with Crippen LogP contribution >= 0.6 is 11.3 Å². The van der Waals surface area contributed by atoms with Crippen molar-refractivity contribution in [2.45, 2.75) is 31.6 Å². The Bertz CT molecular complexity index is 922. The van der Waals surface area contributed by atoms with Crippen molar-refractivity contribution in [3.8, 4) is 5.75 Å². The van der Waals surface area contributed by atoms with Gasteiger partial charge in [0.1, 0.15) is 5.75 Å². The molecule has 0 spiro atoms. The second-order valence-corrected chi connectivity index (χ2v) is 8.80. The minimum Gasteiger partial charge on any atom is -0.507 e. The van der Waals surface area contributed by atoms with Crippen LogP contribution in [0, 0.1) is 5.92 Å². The van der Waals surface area contributed by atoms with Crippen molar-refractivity contribution < 1.29 is 5.11 Å². The molecule has 0 radical (unpaired) electrons. The zero-order chi connectivity index (χ0) is 18.5. The average Bonchev–Trinajstić information content (AvgIpc) is 3.30. The monoisotopic (exact) mass is 383 g/mol. The number of aromatic hydroxyl groups is 1. The van der Waals surface area contributed by atoms with Crippen LogP contribution in [0.25, 0.3) is 10.1 Å². The van der Waals surface area contributed by atoms with Crippen LogP contribution < -0.4 is 0 Å². The lowest BCUT2D eigenvalue weighted by molar-refractivity contribution is 0.0547. The molecule has 3 aliphatic rings. The van der Waals surface area contributed by atoms with Crippen molar-refractivity contribution in [3.05, 3.63) is 41.2 Å². The van der Waals surface area contributed by atoms with E-state index in [9.17, 15) is 5.11 Å². The molecule has 3 unspecified atom stereocenters. The van der Waals surface area contributed by atoms with Crippen LogP contribution in [0.3, 0.4) is 0 Å². The van der Waals surface area contributed by atoms with Gasteiger partial charge < -0.3 is 14.9 Å². The van der Waals surface area contributed by atoms with Gasteiger partial charge in [0, 0.05) is 35.4 Å². The minimum atomic E-state index is -0.291. The van der Waals surface area contributed by atoms with Gasteiger partial charge in [-0.3, -0.25) is 4.90 Å². The SMILES string of the molecule is CN1C=C(N2CCC3CCCN(C)C32)N=NC1c1ccc2sccc2c1O. The summed E-state index contributed by atoms with van der Waals surface area (Å²) in [4.78, 5) is 6.92. The van der Waals surface area contributed by atoms with Gasteiger partial charge in [0.2, 0.25) is 0 Å². The molecule has 142 valence electrons. The maximum atomic E-state index is 10.7. The van der Waals surface area contributed by atoms with Gasteiger partial charge in [0.25, 0.3) is 0 Å². The number of phenols is 1. The zero-order valence-corrected chi connectivity index (χ0v) is 16.6. The van der Waals surface area contributed by atoms with E-state index in [1.54, 1.807) is 11.3 Å². The van der Waals surface area contributed by atoms with E-state index in [0.29, 0.717) is 11.9 Å². The Morgan fingerprint density at radius 2 is 2.04 bits per heavy atom. The summed E-state index contributed by atoms with van der Waals surface area (Å²) in [5.41, 5.74) is 0.802. The molecule has 5 rings (SSSR count). The summed E-state index contributed by atoms with van der Waals surface area (Å²) >= 11 is 1.63. The number of azo groups is 1. The topological polar surface area (TPSA) is 54.7 Å². The lowest BCUT2D eigenvalue weighted by Crippen LogP contribution is -2.48. The lowest BCUT2D eigenvalue weighted by Gasteiger charge is -2.41. The van der Waals surface area contributed by atoms with E-state index in [0.717, 1.165) is 40.5 Å². The Hall–Kier alpha value is -2.12. The van der Waals surface area contributed by atoms with Gasteiger partial charge in [0.15, 0.2) is 12.0 Å². The minimum absolute atomic E-state index is 0.291. The number of rotatable bonds is 2. The number of piperidine rings is 1. The van der Waals surface area contributed by atoms with Gasteiger partial charge in [0.05, 0.1) is 6.17 Å². The highest BCUT2D eigenvalue weighted by Gasteiger charge is 2.40. The average molecular weight is 384 g/mol. The fourth-order valence-electron chi connectivity index (χ4n) is 4.86. The smallest absolute Gasteiger partial charge is 0.171 e. The number of fused-ring (bicyclic) bond motifs is 2. The van der Waals surface area contributed by atoms with Crippen LogP contribution in [-0.2, 0) is 0 Å². The van der Waals surface area contributed by atoms with Crippen LogP contribution in [-0.4, -0.2) is 53.2 Å². The molecule has 4 heterocycles. The molecule has 7 heteroatoms. The third-order valence-electron chi connectivity index (χ3n) is 6.20. The summed E-state index contributed by atoms with van der Waals surface area (Å²) in [6.07, 6.45) is 6.05. The predicted molar refractivity (Wildman–Crippen MR) is 107 cm³/mol. The van der Waals surface area contributed by atoms with E-state index >= 15 is 0 Å². The van der Waals surface area contributed by atoms with E-state index in [4.69, 9.17) is 0 Å². The normalized spacial score (nSPS) is 28.7. The number of hydrogen-bond donors (Lipinski definition) is 1. The van der Waals surface area contributed by atoms with Crippen LogP contribution in [0.2, 0.25) is 0 Å². The first-order chi connectivity index (χ1) is 13.1. The van der Waals surface area contributed by atoms with Gasteiger partial charge in [-0.2, -0.15) is 5.11 Å². The van der Waals surface area contributed by atoms with Crippen molar-refractivity contribution in [1.29, 1.82) is 0 Å². The summed E-state index contributed by atoms with van der Waals surface area (Å²) in [6, 6.07) is 5.98. The molecule has 0 amide bonds. The van der Waals surface area contributed by atoms with Crippen molar-refractivity contribution in [3.63, 3.8) is 0 Å². The van der Waals surface area contributed by atoms with E-state index in [1.807, 2.05) is 24.6 Å². The summed E-state index contributed by atoms with van der Waals surface area (Å²) in [7, 11) is 4.23. The Morgan fingerprint density at radius 1 is 1.15 bits per heavy atom. The summed E-state index contributed by atoms with van der Waals surface area (Å²) in [5, 5.41) is 22.8. The van der Waals surface area contributed by atoms with Crippen LogP contribution in [0.15, 0.2) is 45.8 Å². The summed E-state index contributed by atoms with van der Waals surface area (Å²) in [6.45, 7) is 2.18. The molecule has 0 saturated carbocycles. The number of hydrogen-bond acceptors (Lipinski definition) is 7. The van der Waals surface area contributed by atoms with Gasteiger partial charge in [-0.05, 0) is 62.4 Å². The van der Waals surface area contributed by atoms with Gasteiger partial charge in [-0.15, -0.1) is 16.5 Å². The molecule has 27 heavy (non-hydrogen) atoms. The maximum absolute atomic E-state index is 10.7. The Labute approximate surface area is 163 Å². The van der Waals surface area contributed by atoms with E-state index in [2.05, 4.69) is 44.2 Å². The maximum Gasteiger partial charge on any atom is 0.171 e. The molecule has 2 fully saturated rings. The van der Waals surface area contributed by atoms with Crippen molar-refractivity contribution in [1.82, 2.24) is 14.7 Å². The van der Waals surface area contributed by atoms with Gasteiger partial charge >= 0.3 is 0 Å². The highest BCUT2D eigenvalue weighted by molar-refractivity contribution is 7.17. The summed E-state index contributed by atoms with van der Waals surface area (Å²) in [5.74, 6) is 1.98. The molecular formula is C20H25N5OS. The number of benzene rings is 1. The Kier molecular flexibility index (Phi) is 4.09. The molecule has 0 bridgehead atoms. The number of nitrogens with zero attached hydrogens (tertiary/aromatic N) is 5. The van der Waals surface area contributed by atoms with E-state index in [-0.39, 0.29) is 6.17 Å². The van der Waals surface area contributed by atoms with Crippen LogP contribution in [0.5, 0.6) is 5.75 Å². The molecule has 2 saturated heterocycles. The number of phenolic OH excluding ortho intramolecular Hbond substituents is 1. The molecule has 3 aliphatic heterocycles. The van der Waals surface area contributed by atoms with Crippen LogP contribution in [0.4, 0.5) is 0 Å². The van der Waals surface area contributed by atoms with Crippen LogP contribution in [0.1, 0.15) is 31.0 Å². The highest BCUT2D eigenvalue weighted by atomic mass is 32.1. The largest absolute Gasteiger partial charge is 0.507 e. The molecule has 2 aromatic rings. The number of likely N-dealkylation sites (tertiary alicyclic amines) is 2. The standard InChI is InChI=1S/C20H25N5OS/c1-23-9-3-4-13-7-10-25(20(13)23)17-12-24(2)19(22-21-17)15-5-6-16-14(18(15)26)8-11-27-16/h5-6,8,11-13,19-20,26H,3-4,7,9-10H2,1-2H3. The summed E-state index contributed by atoms with van der Waals surface area (Å²) < 4.78 is 1.09. The molecule has 3 atom stereocenters. The molecule has 1 N–H and O–H groups in total. The molecule has 0 aliphatic carbocycles. The second-order valence-electron chi connectivity index (χ2n) is 7.86. The van der Waals surface area contributed by atoms with Crippen molar-refractivity contribution in [2.24, 2.45) is 16.1 Å². The van der Waals surface area contributed by atoms with E-state index in [1.165, 1.54) is 19.3 Å². The van der Waals surface area contributed by atoms with Crippen molar-refractivity contribution in [2.75, 3.05) is 27.2 Å². The lowest BCUT2D eigenvalue weighted by atomic mass is 9.95. The first kappa shape index (κ1) is 17.0. The molecular weight excluding hydrogens is 358 g/mol. The third-order valence-corrected chi connectivity index (χ3v) is 7.09. The van der Waals surface area contributed by atoms with Gasteiger partial charge in [-0.25, -0.2) is 0 Å². The first-order valence-electron chi connectivity index (χ1n) is 9.64. The van der Waals surface area contributed by atoms with E-state index < -0.39 is 0 Å². The second kappa shape index (κ2) is 6.49. The van der Waals surface area contributed by atoms with Crippen molar-refractivity contribution >= 4 is 21.4 Å². The fourth-order valence-corrected chi connectivity index (χ4v) is 5.65. The quantitative estimate of drug-likeness (QED) is 0.845. The fraction of sp³-hybridized carbons (Fsp3) is 0.500. The third kappa shape index (κ3) is 2.72. The van der Waals surface area contributed by atoms with Gasteiger partial charge in [-0.1, -0.05) is 0 Å². The predicted octanol–water partition coefficient (Wildman–Crippen LogP) is 4.18. The molecule has 1 aromatic heterocycles. The number of thiophene rings is 1.